The van der Waals surface area contributed by atoms with E-state index in [1.807, 2.05) is 13.8 Å². The highest BCUT2D eigenvalue weighted by molar-refractivity contribution is 7.14. The number of esters is 1. The van der Waals surface area contributed by atoms with Gasteiger partial charge >= 0.3 is 12.0 Å². The topological polar surface area (TPSA) is 131 Å². The van der Waals surface area contributed by atoms with Crippen molar-refractivity contribution in [1.29, 1.82) is 0 Å². The lowest BCUT2D eigenvalue weighted by atomic mass is 10.0. The molecule has 2 aromatic rings. The summed E-state index contributed by atoms with van der Waals surface area (Å²) in [6.45, 7) is 3.75. The normalized spacial score (nSPS) is 17.4. The largest absolute Gasteiger partial charge is 0.467 e. The van der Waals surface area contributed by atoms with E-state index in [2.05, 4.69) is 20.4 Å². The van der Waals surface area contributed by atoms with Crippen molar-refractivity contribution in [1.82, 2.24) is 15.2 Å². The zero-order chi connectivity index (χ0) is 21.1. The van der Waals surface area contributed by atoms with Gasteiger partial charge < -0.3 is 19.8 Å². The fraction of sp³-hybridized carbons (Fsp3) is 0.389. The number of aromatic nitrogens is 1. The van der Waals surface area contributed by atoms with Crippen LogP contribution in [0.4, 0.5) is 9.93 Å². The number of nitrogens with zero attached hydrogens (tertiary/aromatic N) is 2. The van der Waals surface area contributed by atoms with E-state index in [0.717, 1.165) is 16.2 Å². The lowest BCUT2D eigenvalue weighted by Crippen LogP contribution is -2.48. The third-order valence-corrected chi connectivity index (χ3v) is 4.99. The van der Waals surface area contributed by atoms with E-state index in [1.54, 1.807) is 12.1 Å². The Morgan fingerprint density at radius 2 is 2.17 bits per heavy atom. The molecule has 3 rings (SSSR count). The van der Waals surface area contributed by atoms with Gasteiger partial charge in [-0.15, -0.1) is 11.3 Å². The van der Waals surface area contributed by atoms with Crippen molar-refractivity contribution >= 4 is 40.3 Å². The Hall–Kier alpha value is -3.21. The van der Waals surface area contributed by atoms with Crippen molar-refractivity contribution in [2.45, 2.75) is 32.4 Å². The van der Waals surface area contributed by atoms with Crippen molar-refractivity contribution < 1.29 is 28.3 Å². The van der Waals surface area contributed by atoms with Gasteiger partial charge in [0.25, 0.3) is 5.91 Å². The minimum Gasteiger partial charge on any atom is -0.467 e. The number of hydrogen-bond acceptors (Lipinski definition) is 8. The van der Waals surface area contributed by atoms with Crippen LogP contribution in [-0.2, 0) is 14.3 Å². The second-order valence-corrected chi connectivity index (χ2v) is 7.63. The number of hydrogen-bond donors (Lipinski definition) is 2. The number of anilines is 1. The first-order valence-electron chi connectivity index (χ1n) is 8.83. The number of imide groups is 1. The maximum absolute atomic E-state index is 12.9. The van der Waals surface area contributed by atoms with Gasteiger partial charge in [-0.05, 0) is 24.5 Å². The highest BCUT2D eigenvalue weighted by atomic mass is 32.1. The molecule has 0 aliphatic carbocycles. The number of methoxy groups -OCH3 is 1. The third kappa shape index (κ3) is 4.29. The van der Waals surface area contributed by atoms with E-state index in [9.17, 15) is 19.2 Å². The summed E-state index contributed by atoms with van der Waals surface area (Å²) in [4.78, 5) is 54.7. The van der Waals surface area contributed by atoms with Gasteiger partial charge in [-0.25, -0.2) is 19.5 Å². The Labute approximate surface area is 170 Å². The molecule has 10 nitrogen and oxygen atoms in total. The van der Waals surface area contributed by atoms with E-state index in [-0.39, 0.29) is 28.9 Å². The van der Waals surface area contributed by atoms with Crippen molar-refractivity contribution in [2.24, 2.45) is 5.92 Å². The zero-order valence-electron chi connectivity index (χ0n) is 16.0. The highest BCUT2D eigenvalue weighted by Gasteiger charge is 2.46. The molecule has 154 valence electrons. The molecule has 0 bridgehead atoms. The van der Waals surface area contributed by atoms with Crippen LogP contribution >= 0.6 is 11.3 Å². The lowest BCUT2D eigenvalue weighted by Gasteiger charge is -2.25. The Morgan fingerprint density at radius 1 is 1.41 bits per heavy atom. The first-order valence-corrected chi connectivity index (χ1v) is 9.71. The molecule has 4 amide bonds. The minimum absolute atomic E-state index is 0.0240. The van der Waals surface area contributed by atoms with Gasteiger partial charge in [0.2, 0.25) is 5.91 Å². The van der Waals surface area contributed by atoms with Gasteiger partial charge in [0.15, 0.2) is 16.9 Å². The molecule has 0 aromatic carbocycles. The highest BCUT2D eigenvalue weighted by Crippen LogP contribution is 2.27. The summed E-state index contributed by atoms with van der Waals surface area (Å²) in [5.41, 5.74) is 0.0566. The minimum atomic E-state index is -1.05. The quantitative estimate of drug-likeness (QED) is 0.518. The summed E-state index contributed by atoms with van der Waals surface area (Å²) < 4.78 is 9.81. The van der Waals surface area contributed by atoms with Gasteiger partial charge in [0.05, 0.1) is 13.4 Å². The van der Waals surface area contributed by atoms with Crippen LogP contribution in [-0.4, -0.2) is 46.9 Å². The van der Waals surface area contributed by atoms with Crippen LogP contribution in [0.25, 0.3) is 0 Å². The number of nitrogens with one attached hydrogen (secondary N) is 2. The molecule has 29 heavy (non-hydrogen) atoms. The molecule has 1 aliphatic heterocycles. The SMILES string of the molecule is COC(=O)c1csc(NC(=O)C(CC(C)C)N2C(=O)NC(c3ccco3)C2=O)n1. The first-order chi connectivity index (χ1) is 13.8. The molecular weight excluding hydrogens is 400 g/mol. The average Bonchev–Trinajstić information content (AvgIpc) is 3.40. The van der Waals surface area contributed by atoms with Crippen LogP contribution in [0.15, 0.2) is 28.2 Å². The second-order valence-electron chi connectivity index (χ2n) is 6.77. The van der Waals surface area contributed by atoms with Crippen LogP contribution in [0.2, 0.25) is 0 Å². The molecule has 1 fully saturated rings. The predicted octanol–water partition coefficient (Wildman–Crippen LogP) is 2.17. The maximum atomic E-state index is 12.9. The maximum Gasteiger partial charge on any atom is 0.357 e. The molecule has 2 atom stereocenters. The van der Waals surface area contributed by atoms with Crippen LogP contribution in [0.1, 0.15) is 42.6 Å². The van der Waals surface area contributed by atoms with Gasteiger partial charge in [0, 0.05) is 5.38 Å². The van der Waals surface area contributed by atoms with Crippen LogP contribution < -0.4 is 10.6 Å². The Bertz CT molecular complexity index is 923. The first kappa shape index (κ1) is 20.5. The summed E-state index contributed by atoms with van der Waals surface area (Å²) in [5.74, 6) is -1.46. The average molecular weight is 420 g/mol. The summed E-state index contributed by atoms with van der Waals surface area (Å²) in [5, 5.41) is 6.73. The van der Waals surface area contributed by atoms with Gasteiger partial charge in [0.1, 0.15) is 11.8 Å². The van der Waals surface area contributed by atoms with Crippen molar-refractivity contribution in [3.63, 3.8) is 0 Å². The van der Waals surface area contributed by atoms with Crippen LogP contribution in [0.3, 0.4) is 0 Å². The molecule has 3 heterocycles. The van der Waals surface area contributed by atoms with Crippen molar-refractivity contribution in [2.75, 3.05) is 12.4 Å². The summed E-state index contributed by atoms with van der Waals surface area (Å²) in [6.07, 6.45) is 1.65. The van der Waals surface area contributed by atoms with E-state index in [1.165, 1.54) is 18.8 Å². The Balaban J connectivity index is 1.81. The molecule has 11 heteroatoms. The van der Waals surface area contributed by atoms with E-state index in [4.69, 9.17) is 4.42 Å². The number of furan rings is 1. The number of thiazole rings is 1. The molecule has 2 unspecified atom stereocenters. The smallest absolute Gasteiger partial charge is 0.357 e. The third-order valence-electron chi connectivity index (χ3n) is 4.24. The predicted molar refractivity (Wildman–Crippen MR) is 102 cm³/mol. The standard InChI is InChI=1S/C18H20N4O6S/c1-9(2)7-11(14(23)21-17-19-10(8-29-17)16(25)27-3)22-15(24)13(20-18(22)26)12-5-4-6-28-12/h4-6,8-9,11,13H,7H2,1-3H3,(H,20,26)(H,19,21,23). The van der Waals surface area contributed by atoms with Gasteiger partial charge in [-0.2, -0.15) is 0 Å². The lowest BCUT2D eigenvalue weighted by molar-refractivity contribution is -0.134. The number of rotatable bonds is 7. The van der Waals surface area contributed by atoms with Crippen molar-refractivity contribution in [3.8, 4) is 0 Å². The molecule has 0 spiro atoms. The number of amides is 4. The van der Waals surface area contributed by atoms with Gasteiger partial charge in [-0.3, -0.25) is 9.59 Å². The number of ether oxygens (including phenoxy) is 1. The Morgan fingerprint density at radius 3 is 2.79 bits per heavy atom. The van der Waals surface area contributed by atoms with E-state index >= 15 is 0 Å². The van der Waals surface area contributed by atoms with Crippen LogP contribution in [0, 0.1) is 5.92 Å². The summed E-state index contributed by atoms with van der Waals surface area (Å²) >= 11 is 1.04. The molecule has 1 aliphatic rings. The monoisotopic (exact) mass is 420 g/mol. The van der Waals surface area contributed by atoms with Crippen LogP contribution in [0.5, 0.6) is 0 Å². The fourth-order valence-electron chi connectivity index (χ4n) is 2.93. The number of carbonyl (C=O) groups excluding carboxylic acids is 4. The number of urea groups is 1. The molecule has 2 aromatic heterocycles. The molecule has 0 radical (unpaired) electrons. The molecular formula is C18H20N4O6S. The molecule has 0 saturated carbocycles. The zero-order valence-corrected chi connectivity index (χ0v) is 16.8. The summed E-state index contributed by atoms with van der Waals surface area (Å²) in [7, 11) is 1.23. The molecule has 2 N–H and O–H groups in total. The van der Waals surface area contributed by atoms with E-state index in [0.29, 0.717) is 0 Å². The van der Waals surface area contributed by atoms with Crippen molar-refractivity contribution in [3.05, 3.63) is 35.2 Å². The second kappa shape index (κ2) is 8.43. The Kier molecular flexibility index (Phi) is 5.97. The number of carbonyl (C=O) groups is 4. The fourth-order valence-corrected chi connectivity index (χ4v) is 3.61. The summed E-state index contributed by atoms with van der Waals surface area (Å²) in [6, 6.07) is 0.482. The van der Waals surface area contributed by atoms with Gasteiger partial charge in [-0.1, -0.05) is 13.8 Å². The van der Waals surface area contributed by atoms with E-state index < -0.39 is 35.9 Å². The molecule has 1 saturated heterocycles.